The van der Waals surface area contributed by atoms with Crippen molar-refractivity contribution in [3.05, 3.63) is 46.0 Å². The van der Waals surface area contributed by atoms with Crippen molar-refractivity contribution in [2.75, 3.05) is 0 Å². The van der Waals surface area contributed by atoms with Gasteiger partial charge in [0.05, 0.1) is 6.04 Å². The number of rotatable bonds is 5. The Kier molecular flexibility index (Phi) is 4.40. The summed E-state index contributed by atoms with van der Waals surface area (Å²) in [5.74, 6) is 2.21. The van der Waals surface area contributed by atoms with E-state index in [4.69, 9.17) is 0 Å². The minimum absolute atomic E-state index is 0.231. The number of hydrogen-bond donors (Lipinski definition) is 1. The molecule has 1 aromatic carbocycles. The molecule has 1 N–H and O–H groups in total. The molecule has 5 heteroatoms. The standard InChI is InChI=1S/C16H21BrN4/c1-11(10-13-5-7-14(17)8-6-13)18-12(2)16-20-19-15-4-3-9-21(15)16/h5-8,11-12,18H,3-4,9-10H2,1-2H3. The summed E-state index contributed by atoms with van der Waals surface area (Å²) in [4.78, 5) is 0. The Morgan fingerprint density at radius 1 is 1.24 bits per heavy atom. The second kappa shape index (κ2) is 6.28. The van der Waals surface area contributed by atoms with Gasteiger partial charge in [-0.25, -0.2) is 0 Å². The SMILES string of the molecule is CC(Cc1ccc(Br)cc1)NC(C)c1nnc2n1CCC2. The third-order valence-corrected chi connectivity index (χ3v) is 4.54. The molecule has 2 atom stereocenters. The number of aromatic nitrogens is 3. The van der Waals surface area contributed by atoms with Crippen LogP contribution in [0.15, 0.2) is 28.7 Å². The van der Waals surface area contributed by atoms with Gasteiger partial charge in [-0.05, 0) is 44.4 Å². The van der Waals surface area contributed by atoms with E-state index in [2.05, 4.69) is 74.1 Å². The summed E-state index contributed by atoms with van der Waals surface area (Å²) in [7, 11) is 0. The lowest BCUT2D eigenvalue weighted by Gasteiger charge is -2.20. The highest BCUT2D eigenvalue weighted by molar-refractivity contribution is 9.10. The van der Waals surface area contributed by atoms with Crippen LogP contribution in [0, 0.1) is 0 Å². The van der Waals surface area contributed by atoms with Gasteiger partial charge in [0.1, 0.15) is 11.6 Å². The normalized spacial score (nSPS) is 16.7. The molecular formula is C16H21BrN4. The second-order valence-electron chi connectivity index (χ2n) is 5.85. The Hall–Kier alpha value is -1.20. The number of nitrogens with zero attached hydrogens (tertiary/aromatic N) is 3. The first-order chi connectivity index (χ1) is 10.1. The highest BCUT2D eigenvalue weighted by Gasteiger charge is 2.22. The maximum atomic E-state index is 4.35. The smallest absolute Gasteiger partial charge is 0.149 e. The Bertz CT molecular complexity index is 605. The molecule has 2 aromatic rings. The Labute approximate surface area is 134 Å². The van der Waals surface area contributed by atoms with E-state index in [0.717, 1.165) is 35.5 Å². The fourth-order valence-corrected chi connectivity index (χ4v) is 3.29. The minimum atomic E-state index is 0.231. The molecule has 0 saturated heterocycles. The Morgan fingerprint density at radius 2 is 2.00 bits per heavy atom. The predicted molar refractivity (Wildman–Crippen MR) is 87.2 cm³/mol. The zero-order valence-corrected chi connectivity index (χ0v) is 14.1. The van der Waals surface area contributed by atoms with E-state index in [1.165, 1.54) is 12.0 Å². The van der Waals surface area contributed by atoms with Gasteiger partial charge in [-0.15, -0.1) is 10.2 Å². The van der Waals surface area contributed by atoms with Crippen LogP contribution in [0.2, 0.25) is 0 Å². The van der Waals surface area contributed by atoms with E-state index in [0.29, 0.717) is 6.04 Å². The molecule has 0 amide bonds. The van der Waals surface area contributed by atoms with Gasteiger partial charge in [0.15, 0.2) is 0 Å². The molecule has 112 valence electrons. The van der Waals surface area contributed by atoms with Gasteiger partial charge in [-0.3, -0.25) is 0 Å². The van der Waals surface area contributed by atoms with Crippen LogP contribution in [-0.2, 0) is 19.4 Å². The zero-order valence-electron chi connectivity index (χ0n) is 12.5. The molecule has 2 unspecified atom stereocenters. The summed E-state index contributed by atoms with van der Waals surface area (Å²) < 4.78 is 3.39. The minimum Gasteiger partial charge on any atom is -0.314 e. The lowest BCUT2D eigenvalue weighted by atomic mass is 10.1. The Balaban J connectivity index is 1.61. The van der Waals surface area contributed by atoms with Crippen LogP contribution >= 0.6 is 15.9 Å². The fraction of sp³-hybridized carbons (Fsp3) is 0.500. The quantitative estimate of drug-likeness (QED) is 0.901. The van der Waals surface area contributed by atoms with Crippen molar-refractivity contribution < 1.29 is 0 Å². The fourth-order valence-electron chi connectivity index (χ4n) is 3.03. The molecule has 0 saturated carbocycles. The van der Waals surface area contributed by atoms with Gasteiger partial charge in [-0.1, -0.05) is 28.1 Å². The van der Waals surface area contributed by atoms with E-state index >= 15 is 0 Å². The van der Waals surface area contributed by atoms with Gasteiger partial charge in [-0.2, -0.15) is 0 Å². The maximum Gasteiger partial charge on any atom is 0.149 e. The molecule has 0 fully saturated rings. The molecule has 21 heavy (non-hydrogen) atoms. The van der Waals surface area contributed by atoms with Gasteiger partial charge < -0.3 is 9.88 Å². The van der Waals surface area contributed by atoms with E-state index in [9.17, 15) is 0 Å². The molecule has 0 radical (unpaired) electrons. The lowest BCUT2D eigenvalue weighted by molar-refractivity contribution is 0.447. The summed E-state index contributed by atoms with van der Waals surface area (Å²) in [6, 6.07) is 9.15. The summed E-state index contributed by atoms with van der Waals surface area (Å²) in [6.45, 7) is 5.46. The van der Waals surface area contributed by atoms with E-state index in [-0.39, 0.29) is 6.04 Å². The molecule has 3 rings (SSSR count). The van der Waals surface area contributed by atoms with Crippen LogP contribution in [0.3, 0.4) is 0 Å². The van der Waals surface area contributed by atoms with Gasteiger partial charge >= 0.3 is 0 Å². The van der Waals surface area contributed by atoms with Crippen LogP contribution < -0.4 is 5.32 Å². The molecule has 0 bridgehead atoms. The monoisotopic (exact) mass is 348 g/mol. The summed E-state index contributed by atoms with van der Waals surface area (Å²) in [5.41, 5.74) is 1.34. The zero-order chi connectivity index (χ0) is 14.8. The van der Waals surface area contributed by atoms with Crippen molar-refractivity contribution in [1.82, 2.24) is 20.1 Å². The summed E-state index contributed by atoms with van der Waals surface area (Å²) in [5, 5.41) is 12.3. The van der Waals surface area contributed by atoms with Crippen LogP contribution in [0.5, 0.6) is 0 Å². The van der Waals surface area contributed by atoms with Gasteiger partial charge in [0, 0.05) is 23.5 Å². The van der Waals surface area contributed by atoms with Crippen molar-refractivity contribution >= 4 is 15.9 Å². The van der Waals surface area contributed by atoms with Crippen LogP contribution in [0.4, 0.5) is 0 Å². The molecule has 1 aliphatic rings. The van der Waals surface area contributed by atoms with Gasteiger partial charge in [0.2, 0.25) is 0 Å². The highest BCUT2D eigenvalue weighted by atomic mass is 79.9. The van der Waals surface area contributed by atoms with Crippen LogP contribution in [0.1, 0.15) is 43.5 Å². The van der Waals surface area contributed by atoms with Gasteiger partial charge in [0.25, 0.3) is 0 Å². The largest absolute Gasteiger partial charge is 0.314 e. The molecule has 2 heterocycles. The summed E-state index contributed by atoms with van der Waals surface area (Å²) >= 11 is 3.47. The third-order valence-electron chi connectivity index (χ3n) is 4.02. The number of hydrogen-bond acceptors (Lipinski definition) is 3. The molecule has 1 aromatic heterocycles. The van der Waals surface area contributed by atoms with Crippen molar-refractivity contribution in [3.8, 4) is 0 Å². The predicted octanol–water partition coefficient (Wildman–Crippen LogP) is 3.27. The molecule has 4 nitrogen and oxygen atoms in total. The molecule has 0 aliphatic carbocycles. The Morgan fingerprint density at radius 3 is 2.76 bits per heavy atom. The number of benzene rings is 1. The molecule has 1 aliphatic heterocycles. The average molecular weight is 349 g/mol. The first kappa shape index (κ1) is 14.7. The average Bonchev–Trinajstić information content (AvgIpc) is 3.03. The third kappa shape index (κ3) is 3.35. The summed E-state index contributed by atoms with van der Waals surface area (Å²) in [6.07, 6.45) is 3.27. The first-order valence-electron chi connectivity index (χ1n) is 7.56. The molecule has 0 spiro atoms. The molecular weight excluding hydrogens is 328 g/mol. The van der Waals surface area contributed by atoms with E-state index < -0.39 is 0 Å². The van der Waals surface area contributed by atoms with Crippen molar-refractivity contribution in [1.29, 1.82) is 0 Å². The van der Waals surface area contributed by atoms with Crippen LogP contribution in [0.25, 0.3) is 0 Å². The number of fused-ring (bicyclic) bond motifs is 1. The highest BCUT2D eigenvalue weighted by Crippen LogP contribution is 2.20. The van der Waals surface area contributed by atoms with E-state index in [1.807, 2.05) is 0 Å². The number of nitrogens with one attached hydrogen (secondary N) is 1. The van der Waals surface area contributed by atoms with Crippen molar-refractivity contribution in [2.45, 2.75) is 51.7 Å². The lowest BCUT2D eigenvalue weighted by Crippen LogP contribution is -2.32. The van der Waals surface area contributed by atoms with E-state index in [1.54, 1.807) is 0 Å². The van der Waals surface area contributed by atoms with Crippen molar-refractivity contribution in [3.63, 3.8) is 0 Å². The first-order valence-corrected chi connectivity index (χ1v) is 8.35. The number of halogens is 1. The van der Waals surface area contributed by atoms with Crippen molar-refractivity contribution in [2.24, 2.45) is 0 Å². The second-order valence-corrected chi connectivity index (χ2v) is 6.77. The number of aryl methyl sites for hydroxylation is 1. The maximum absolute atomic E-state index is 4.35. The van der Waals surface area contributed by atoms with Crippen LogP contribution in [-0.4, -0.2) is 20.8 Å². The topological polar surface area (TPSA) is 42.7 Å².